The molecule has 4 N–H and O–H groups in total. The van der Waals surface area contributed by atoms with Crippen molar-refractivity contribution < 1.29 is 10.2 Å². The number of benzene rings is 1. The minimum Gasteiger partial charge on any atom is -0.504 e. The van der Waals surface area contributed by atoms with Gasteiger partial charge in [0.1, 0.15) is 0 Å². The molecule has 1 fully saturated rings. The maximum absolute atomic E-state index is 9.58. The van der Waals surface area contributed by atoms with Crippen molar-refractivity contribution in [3.63, 3.8) is 0 Å². The summed E-state index contributed by atoms with van der Waals surface area (Å²) in [5, 5.41) is 26.6. The van der Waals surface area contributed by atoms with E-state index in [-0.39, 0.29) is 11.5 Å². The lowest BCUT2D eigenvalue weighted by Crippen LogP contribution is -2.26. The van der Waals surface area contributed by atoms with Crippen molar-refractivity contribution in [3.05, 3.63) is 23.8 Å². The van der Waals surface area contributed by atoms with E-state index in [2.05, 4.69) is 33.3 Å². The average molecular weight is 324 g/mol. The fraction of sp³-hybridized carbons (Fsp3) is 0.588. The molecular weight excluding hydrogens is 295 g/mol. The molecule has 2 rings (SSSR count). The van der Waals surface area contributed by atoms with Gasteiger partial charge in [0, 0.05) is 12.0 Å². The zero-order valence-corrected chi connectivity index (χ0v) is 14.8. The first-order chi connectivity index (χ1) is 10.5. The van der Waals surface area contributed by atoms with E-state index >= 15 is 0 Å². The van der Waals surface area contributed by atoms with Crippen LogP contribution >= 0.6 is 8.86 Å². The third kappa shape index (κ3) is 5.96. The van der Waals surface area contributed by atoms with E-state index in [1.807, 2.05) is 13.1 Å². The zero-order valence-electron chi connectivity index (χ0n) is 13.8. The van der Waals surface area contributed by atoms with Crippen LogP contribution in [0.15, 0.2) is 18.2 Å². The van der Waals surface area contributed by atoms with Crippen molar-refractivity contribution in [2.45, 2.75) is 45.1 Å². The topological polar surface area (TPSA) is 64.5 Å². The zero-order chi connectivity index (χ0) is 16.5. The summed E-state index contributed by atoms with van der Waals surface area (Å²) in [7, 11) is 5.47. The Morgan fingerprint density at radius 2 is 2.05 bits per heavy atom. The molecule has 1 heterocycles. The number of phenols is 2. The van der Waals surface area contributed by atoms with Crippen molar-refractivity contribution in [1.29, 1.82) is 0 Å². The molecule has 1 aliphatic heterocycles. The SMILES string of the molecule is CC(=P)CC[C@@H]1NCCC1c1ccc(O)c(O)c1.CCNC. The molecule has 1 unspecified atom stereocenters. The van der Waals surface area contributed by atoms with Crippen LogP contribution < -0.4 is 10.6 Å². The second kappa shape index (κ2) is 9.83. The summed E-state index contributed by atoms with van der Waals surface area (Å²) in [6.45, 7) is 6.23. The molecule has 1 aliphatic rings. The lowest BCUT2D eigenvalue weighted by molar-refractivity contribution is 0.402. The first-order valence-electron chi connectivity index (χ1n) is 7.93. The molecule has 0 aromatic heterocycles. The van der Waals surface area contributed by atoms with Gasteiger partial charge in [-0.15, -0.1) is 8.86 Å². The summed E-state index contributed by atoms with van der Waals surface area (Å²) in [6.07, 6.45) is 3.21. The van der Waals surface area contributed by atoms with Gasteiger partial charge < -0.3 is 20.8 Å². The number of hydrogen-bond acceptors (Lipinski definition) is 4. The van der Waals surface area contributed by atoms with Crippen LogP contribution in [-0.2, 0) is 0 Å². The van der Waals surface area contributed by atoms with E-state index in [4.69, 9.17) is 0 Å². The molecule has 0 spiro atoms. The minimum atomic E-state index is -0.0504. The molecule has 0 radical (unpaired) electrons. The lowest BCUT2D eigenvalue weighted by atomic mass is 9.89. The molecular formula is C17H29N2O2P. The number of nitrogens with one attached hydrogen (secondary N) is 2. The van der Waals surface area contributed by atoms with Crippen LogP contribution in [0, 0.1) is 0 Å². The van der Waals surface area contributed by atoms with Crippen LogP contribution in [0.1, 0.15) is 44.6 Å². The van der Waals surface area contributed by atoms with Crippen molar-refractivity contribution >= 4 is 14.2 Å². The largest absolute Gasteiger partial charge is 0.504 e. The van der Waals surface area contributed by atoms with Gasteiger partial charge in [-0.3, -0.25) is 0 Å². The normalized spacial score (nSPS) is 20.3. The molecule has 5 heteroatoms. The van der Waals surface area contributed by atoms with E-state index < -0.39 is 0 Å². The molecule has 1 saturated heterocycles. The molecule has 22 heavy (non-hydrogen) atoms. The molecule has 1 aromatic carbocycles. The Morgan fingerprint density at radius 3 is 2.59 bits per heavy atom. The summed E-state index contributed by atoms with van der Waals surface area (Å²) in [5.74, 6) is 0.342. The maximum atomic E-state index is 9.58. The first-order valence-corrected chi connectivity index (χ1v) is 8.43. The number of phenolic OH excluding ortho intramolecular Hbond substituents is 2. The summed E-state index contributed by atoms with van der Waals surface area (Å²) in [4.78, 5) is 0. The van der Waals surface area contributed by atoms with Gasteiger partial charge in [0.25, 0.3) is 0 Å². The van der Waals surface area contributed by atoms with E-state index in [1.165, 1.54) is 5.29 Å². The predicted molar refractivity (Wildman–Crippen MR) is 96.8 cm³/mol. The number of aromatic hydroxyl groups is 2. The highest BCUT2D eigenvalue weighted by atomic mass is 31.0. The quantitative estimate of drug-likeness (QED) is 0.497. The van der Waals surface area contributed by atoms with E-state index in [9.17, 15) is 10.2 Å². The number of rotatable bonds is 5. The predicted octanol–water partition coefficient (Wildman–Crippen LogP) is 2.88. The van der Waals surface area contributed by atoms with Crippen molar-refractivity contribution in [3.8, 4) is 11.5 Å². The van der Waals surface area contributed by atoms with Gasteiger partial charge in [-0.05, 0) is 64.0 Å². The van der Waals surface area contributed by atoms with Gasteiger partial charge >= 0.3 is 0 Å². The molecule has 0 saturated carbocycles. The van der Waals surface area contributed by atoms with Crippen LogP contribution in [0.3, 0.4) is 0 Å². The minimum absolute atomic E-state index is 0.0268. The Bertz CT molecular complexity index is 478. The van der Waals surface area contributed by atoms with Crippen molar-refractivity contribution in [1.82, 2.24) is 10.6 Å². The molecule has 1 aromatic rings. The van der Waals surface area contributed by atoms with Gasteiger partial charge in [0.05, 0.1) is 0 Å². The van der Waals surface area contributed by atoms with Gasteiger partial charge in [-0.25, -0.2) is 0 Å². The van der Waals surface area contributed by atoms with Crippen molar-refractivity contribution in [2.24, 2.45) is 0 Å². The van der Waals surface area contributed by atoms with Gasteiger partial charge in [-0.1, -0.05) is 18.3 Å². The van der Waals surface area contributed by atoms with Gasteiger partial charge in [0.15, 0.2) is 11.5 Å². The second-order valence-corrected chi connectivity index (χ2v) is 6.58. The third-order valence-corrected chi connectivity index (χ3v) is 4.21. The average Bonchev–Trinajstić information content (AvgIpc) is 2.96. The van der Waals surface area contributed by atoms with Crippen LogP contribution in [-0.4, -0.2) is 41.7 Å². The highest BCUT2D eigenvalue weighted by Gasteiger charge is 2.28. The fourth-order valence-electron chi connectivity index (χ4n) is 2.61. The van der Waals surface area contributed by atoms with Crippen LogP contribution in [0.4, 0.5) is 0 Å². The monoisotopic (exact) mass is 324 g/mol. The van der Waals surface area contributed by atoms with Crippen LogP contribution in [0.5, 0.6) is 11.5 Å². The molecule has 0 aliphatic carbocycles. The molecule has 4 nitrogen and oxygen atoms in total. The molecule has 2 atom stereocenters. The van der Waals surface area contributed by atoms with E-state index in [0.29, 0.717) is 12.0 Å². The first kappa shape index (κ1) is 19.0. The Kier molecular flexibility index (Phi) is 8.47. The Morgan fingerprint density at radius 1 is 1.36 bits per heavy atom. The second-order valence-electron chi connectivity index (χ2n) is 5.73. The summed E-state index contributed by atoms with van der Waals surface area (Å²) >= 11 is 0. The highest BCUT2D eigenvalue weighted by molar-refractivity contribution is 7.20. The third-order valence-electron chi connectivity index (χ3n) is 3.96. The smallest absolute Gasteiger partial charge is 0.157 e. The molecule has 124 valence electrons. The van der Waals surface area contributed by atoms with Crippen LogP contribution in [0.2, 0.25) is 0 Å². The van der Waals surface area contributed by atoms with Crippen LogP contribution in [0.25, 0.3) is 0 Å². The van der Waals surface area contributed by atoms with Gasteiger partial charge in [-0.2, -0.15) is 0 Å². The summed E-state index contributed by atoms with van der Waals surface area (Å²) < 4.78 is 0. The summed E-state index contributed by atoms with van der Waals surface area (Å²) in [5.41, 5.74) is 1.10. The fourth-order valence-corrected chi connectivity index (χ4v) is 2.76. The van der Waals surface area contributed by atoms with E-state index in [1.54, 1.807) is 12.1 Å². The van der Waals surface area contributed by atoms with E-state index in [0.717, 1.165) is 37.9 Å². The lowest BCUT2D eigenvalue weighted by Gasteiger charge is -2.20. The molecule has 0 bridgehead atoms. The number of hydrogen-bond donors (Lipinski definition) is 4. The van der Waals surface area contributed by atoms with Crippen molar-refractivity contribution in [2.75, 3.05) is 20.1 Å². The Labute approximate surface area is 136 Å². The Balaban J connectivity index is 0.000000541. The molecule has 0 amide bonds. The Hall–Kier alpha value is -1.09. The maximum Gasteiger partial charge on any atom is 0.157 e. The highest BCUT2D eigenvalue weighted by Crippen LogP contribution is 2.34. The summed E-state index contributed by atoms with van der Waals surface area (Å²) in [6, 6.07) is 5.61. The van der Waals surface area contributed by atoms with Gasteiger partial charge in [0.2, 0.25) is 0 Å². The standard InChI is InChI=1S/C14H20NO2P.C3H9N/c1-9(18)2-4-12-11(6-7-15-12)10-3-5-13(16)14(17)8-10;1-3-4-2/h3,5,8,11-12,15-18H,2,4,6-7H2,1H3;4H,3H2,1-2H3/t11?,12-;/m0./s1.